The Morgan fingerprint density at radius 1 is 1.00 bits per heavy atom. The van der Waals surface area contributed by atoms with Crippen LogP contribution in [0.3, 0.4) is 0 Å². The fourth-order valence-electron chi connectivity index (χ4n) is 0. The summed E-state index contributed by atoms with van der Waals surface area (Å²) >= 11 is 0. The second-order valence-electron chi connectivity index (χ2n) is 0. The number of hydrogen-bond donors (Lipinski definition) is 0. The van der Waals surface area contributed by atoms with E-state index in [9.17, 15) is 0 Å². The van der Waals surface area contributed by atoms with Crippen molar-refractivity contribution in [1.29, 1.82) is 0 Å². The van der Waals surface area contributed by atoms with Crippen LogP contribution in [0.15, 0.2) is 0 Å². The quantitative estimate of drug-likeness (QED) is 0.468. The summed E-state index contributed by atoms with van der Waals surface area (Å²) in [5, 5.41) is 0. The maximum Gasteiger partial charge on any atom is 0.146 e. The van der Waals surface area contributed by atoms with Crippen molar-refractivity contribution in [2.24, 2.45) is 0 Å². The van der Waals surface area contributed by atoms with E-state index in [1.807, 2.05) is 0 Å². The van der Waals surface area contributed by atoms with E-state index in [0.29, 0.717) is 0 Å². The van der Waals surface area contributed by atoms with Crippen molar-refractivity contribution in [1.82, 2.24) is 0 Å². The molecule has 0 rings (SSSR count). The predicted molar refractivity (Wildman–Crippen MR) is 8.54 cm³/mol. The molecule has 0 nitrogen and oxygen atoms in total. The minimum atomic E-state index is 0. The molecule has 0 unspecified atom stereocenters. The van der Waals surface area contributed by atoms with Gasteiger partial charge in [0.25, 0.3) is 0 Å². The Morgan fingerprint density at radius 3 is 1.00 bits per heavy atom. The molecule has 0 aliphatic carbocycles. The maximum absolute atomic E-state index is 0. The first-order valence-corrected chi connectivity index (χ1v) is 0. The Morgan fingerprint density at radius 2 is 1.00 bits per heavy atom. The molecular formula is H2AlCrFeY. The van der Waals surface area contributed by atoms with Gasteiger partial charge in [0.1, 0.15) is 17.4 Å². The molecule has 0 atom stereocenters. The molecule has 0 fully saturated rings. The van der Waals surface area contributed by atoms with Gasteiger partial charge >= 0.3 is 0 Å². The van der Waals surface area contributed by atoms with Crippen LogP contribution in [-0.2, 0) is 67.1 Å². The number of rotatable bonds is 0. The molecule has 0 saturated heterocycles. The SMILES string of the molecule is [AlH2].[Cr].[Fe].[Y]. The van der Waals surface area contributed by atoms with E-state index < -0.39 is 0 Å². The van der Waals surface area contributed by atoms with E-state index >= 15 is 0 Å². The molecule has 0 aliphatic rings. The van der Waals surface area contributed by atoms with Gasteiger partial charge in [-0.25, -0.2) is 0 Å². The standard InChI is InChI=1S/Al.Cr.Fe.Y.2H. The molecule has 0 aromatic heterocycles. The third kappa shape index (κ3) is 8.82. The van der Waals surface area contributed by atoms with Gasteiger partial charge in [-0.2, -0.15) is 0 Å². The first-order chi connectivity index (χ1) is 0. The largest absolute Gasteiger partial charge is 0.146 e. The first kappa shape index (κ1) is 29.9. The van der Waals surface area contributed by atoms with Gasteiger partial charge in [0.05, 0.1) is 0 Å². The van der Waals surface area contributed by atoms with Gasteiger partial charge in [0, 0.05) is 67.1 Å². The van der Waals surface area contributed by atoms with Gasteiger partial charge < -0.3 is 0 Å². The van der Waals surface area contributed by atoms with Crippen LogP contribution >= 0.6 is 0 Å². The van der Waals surface area contributed by atoms with Gasteiger partial charge in [0.2, 0.25) is 0 Å². The fourth-order valence-corrected chi connectivity index (χ4v) is 0. The van der Waals surface area contributed by atoms with Gasteiger partial charge in [-0.1, -0.05) is 0 Å². The molecular weight excluding hydrogens is 224 g/mol. The predicted octanol–water partition coefficient (Wildman–Crippen LogP) is -0.924. The minimum absolute atomic E-state index is 0. The Hall–Kier alpha value is 2.69. The summed E-state index contributed by atoms with van der Waals surface area (Å²) < 4.78 is 0. The van der Waals surface area contributed by atoms with Crippen molar-refractivity contribution in [3.63, 3.8) is 0 Å². The third-order valence-corrected chi connectivity index (χ3v) is 0. The zero-order chi connectivity index (χ0) is 0. The monoisotopic (exact) mass is 226 g/mol. The normalized spacial score (nSPS) is 0. The minimum Gasteiger partial charge on any atom is 0 e. The summed E-state index contributed by atoms with van der Waals surface area (Å²) in [6.07, 6.45) is 0. The van der Waals surface area contributed by atoms with Crippen LogP contribution < -0.4 is 0 Å². The molecule has 0 heterocycles. The fraction of sp³-hybridized carbons (Fsp3) is 0. The summed E-state index contributed by atoms with van der Waals surface area (Å²) in [5.41, 5.74) is 0. The molecule has 0 aromatic rings. The molecule has 4 heavy (non-hydrogen) atoms. The van der Waals surface area contributed by atoms with Crippen LogP contribution in [0.4, 0.5) is 0 Å². The van der Waals surface area contributed by atoms with E-state index in [2.05, 4.69) is 0 Å². The van der Waals surface area contributed by atoms with Crippen LogP contribution in [0.5, 0.6) is 0 Å². The van der Waals surface area contributed by atoms with Crippen LogP contribution in [0.25, 0.3) is 0 Å². The Bertz CT molecular complexity index is 8.00. The van der Waals surface area contributed by atoms with E-state index in [4.69, 9.17) is 0 Å². The Labute approximate surface area is 83.1 Å². The van der Waals surface area contributed by atoms with Crippen molar-refractivity contribution in [3.05, 3.63) is 0 Å². The average molecular weight is 226 g/mol. The van der Waals surface area contributed by atoms with Crippen molar-refractivity contribution >= 4 is 17.4 Å². The number of hydrogen-bond acceptors (Lipinski definition) is 0. The smallest absolute Gasteiger partial charge is 0 e. The summed E-state index contributed by atoms with van der Waals surface area (Å²) in [7, 11) is 0. The summed E-state index contributed by atoms with van der Waals surface area (Å²) in [6, 6.07) is 0. The van der Waals surface area contributed by atoms with E-state index in [1.54, 1.807) is 0 Å². The zero-order valence-corrected chi connectivity index (χ0v) is 9.56. The van der Waals surface area contributed by atoms with E-state index in [1.165, 1.54) is 0 Å². The summed E-state index contributed by atoms with van der Waals surface area (Å²) in [6.45, 7) is 0. The first-order valence-electron chi connectivity index (χ1n) is 0. The van der Waals surface area contributed by atoms with Crippen LogP contribution in [-0.4, -0.2) is 17.4 Å². The van der Waals surface area contributed by atoms with Gasteiger partial charge in [-0.05, 0) is 0 Å². The van der Waals surface area contributed by atoms with Crippen LogP contribution in [0, 0.1) is 0 Å². The third-order valence-electron chi connectivity index (χ3n) is 0. The maximum atomic E-state index is 0. The van der Waals surface area contributed by atoms with Gasteiger partial charge in [-0.15, -0.1) is 0 Å². The van der Waals surface area contributed by atoms with Crippen molar-refractivity contribution in [2.75, 3.05) is 0 Å². The van der Waals surface area contributed by atoms with Crippen molar-refractivity contribution in [3.8, 4) is 0 Å². The molecule has 22 valence electrons. The molecule has 0 aliphatic heterocycles. The van der Waals surface area contributed by atoms with Crippen LogP contribution in [0.1, 0.15) is 0 Å². The Kier molecular flexibility index (Phi) is 130. The summed E-state index contributed by atoms with van der Waals surface area (Å²) in [4.78, 5) is 0. The van der Waals surface area contributed by atoms with Crippen molar-refractivity contribution < 1.29 is 67.1 Å². The second kappa shape index (κ2) is 17.3. The average Bonchev–Trinajstić information content (AvgIpc) is 0. The second-order valence-corrected chi connectivity index (χ2v) is 0. The summed E-state index contributed by atoms with van der Waals surface area (Å²) in [5.74, 6) is 0. The molecule has 0 N–H and O–H groups in total. The van der Waals surface area contributed by atoms with E-state index in [-0.39, 0.29) is 84.5 Å². The molecule has 0 bridgehead atoms. The van der Waals surface area contributed by atoms with Crippen molar-refractivity contribution in [2.45, 2.75) is 0 Å². The molecule has 4 heteroatoms. The van der Waals surface area contributed by atoms with Gasteiger partial charge in [0.15, 0.2) is 0 Å². The molecule has 0 spiro atoms. The molecule has 0 saturated carbocycles. The molecule has 2 radical (unpaired) electrons. The van der Waals surface area contributed by atoms with Crippen LogP contribution in [0.2, 0.25) is 0 Å². The molecule has 0 amide bonds. The molecule has 0 aromatic carbocycles. The Balaban J connectivity index is 0. The zero-order valence-electron chi connectivity index (χ0n) is 2.34. The topological polar surface area (TPSA) is 0 Å². The van der Waals surface area contributed by atoms with Gasteiger partial charge in [-0.3, -0.25) is 0 Å². The van der Waals surface area contributed by atoms with E-state index in [0.717, 1.165) is 0 Å².